The average molecular weight is 157 g/mol. The number of hydrogen-bond donors (Lipinski definition) is 1. The Labute approximate surface area is 64.5 Å². The summed E-state index contributed by atoms with van der Waals surface area (Å²) in [6.45, 7) is 2.64. The lowest BCUT2D eigenvalue weighted by Gasteiger charge is -1.88. The molecule has 0 bridgehead atoms. The van der Waals surface area contributed by atoms with E-state index in [4.69, 9.17) is 5.73 Å². The highest BCUT2D eigenvalue weighted by Gasteiger charge is 1.97. The Morgan fingerprint density at radius 1 is 1.60 bits per heavy atom. The smallest absolute Gasteiger partial charge is 0.139 e. The van der Waals surface area contributed by atoms with Crippen LogP contribution in [0.4, 0.5) is 0 Å². The quantitative estimate of drug-likeness (QED) is 0.704. The van der Waals surface area contributed by atoms with Crippen LogP contribution in [0.15, 0.2) is 0 Å². The van der Waals surface area contributed by atoms with E-state index < -0.39 is 0 Å². The summed E-state index contributed by atoms with van der Waals surface area (Å²) in [6, 6.07) is 0. The van der Waals surface area contributed by atoms with E-state index in [0.717, 1.165) is 30.2 Å². The molecule has 56 valence electrons. The van der Waals surface area contributed by atoms with E-state index >= 15 is 0 Å². The summed E-state index contributed by atoms with van der Waals surface area (Å²) in [5.41, 5.74) is 5.34. The third-order valence-electron chi connectivity index (χ3n) is 1.16. The van der Waals surface area contributed by atoms with Crippen molar-refractivity contribution in [2.24, 2.45) is 5.73 Å². The van der Waals surface area contributed by atoms with Gasteiger partial charge < -0.3 is 5.73 Å². The summed E-state index contributed by atoms with van der Waals surface area (Å²) in [7, 11) is 0. The van der Waals surface area contributed by atoms with Gasteiger partial charge in [-0.1, -0.05) is 0 Å². The number of aromatic nitrogens is 2. The molecule has 0 atom stereocenters. The molecule has 3 nitrogen and oxygen atoms in total. The molecule has 0 fully saturated rings. The maximum Gasteiger partial charge on any atom is 0.139 e. The lowest BCUT2D eigenvalue weighted by Crippen LogP contribution is -1.99. The summed E-state index contributed by atoms with van der Waals surface area (Å²) in [4.78, 5) is 4.20. The number of rotatable bonds is 3. The van der Waals surface area contributed by atoms with Gasteiger partial charge in [-0.15, -0.1) is 0 Å². The molecule has 2 N–H and O–H groups in total. The number of aryl methyl sites for hydroxylation is 2. The Balaban J connectivity index is 2.42. The fourth-order valence-corrected chi connectivity index (χ4v) is 1.38. The van der Waals surface area contributed by atoms with Crippen LogP contribution in [0.25, 0.3) is 0 Å². The summed E-state index contributed by atoms with van der Waals surface area (Å²) in [5, 5.41) is 1.10. The minimum atomic E-state index is 0.735. The third kappa shape index (κ3) is 2.04. The molecule has 0 spiro atoms. The highest BCUT2D eigenvalue weighted by molar-refractivity contribution is 7.05. The minimum Gasteiger partial charge on any atom is -0.330 e. The first-order valence-electron chi connectivity index (χ1n) is 3.32. The van der Waals surface area contributed by atoms with E-state index in [1.54, 1.807) is 0 Å². The normalized spacial score (nSPS) is 10.2. The fourth-order valence-electron chi connectivity index (χ4n) is 0.695. The van der Waals surface area contributed by atoms with E-state index in [-0.39, 0.29) is 0 Å². The van der Waals surface area contributed by atoms with E-state index in [9.17, 15) is 0 Å². The van der Waals surface area contributed by atoms with Crippen molar-refractivity contribution in [3.05, 3.63) is 10.8 Å². The summed E-state index contributed by atoms with van der Waals surface area (Å²) < 4.78 is 4.06. The molecule has 0 unspecified atom stereocenters. The van der Waals surface area contributed by atoms with Crippen LogP contribution in [0.2, 0.25) is 0 Å². The Morgan fingerprint density at radius 2 is 2.40 bits per heavy atom. The van der Waals surface area contributed by atoms with Crippen LogP contribution >= 0.6 is 11.5 Å². The van der Waals surface area contributed by atoms with Crippen LogP contribution in [0.1, 0.15) is 17.3 Å². The molecule has 0 radical (unpaired) electrons. The van der Waals surface area contributed by atoms with Crippen LogP contribution in [-0.2, 0) is 6.42 Å². The molecular weight excluding hydrogens is 146 g/mol. The number of nitrogens with zero attached hydrogens (tertiary/aromatic N) is 2. The van der Waals surface area contributed by atoms with Crippen molar-refractivity contribution in [3.8, 4) is 0 Å². The van der Waals surface area contributed by atoms with Crippen molar-refractivity contribution >= 4 is 11.5 Å². The van der Waals surface area contributed by atoms with Gasteiger partial charge in [0.2, 0.25) is 0 Å². The van der Waals surface area contributed by atoms with E-state index in [0.29, 0.717) is 0 Å². The predicted molar refractivity (Wildman–Crippen MR) is 42.0 cm³/mol. The van der Waals surface area contributed by atoms with Crippen molar-refractivity contribution in [2.75, 3.05) is 6.54 Å². The molecule has 0 aliphatic carbocycles. The molecule has 0 saturated heterocycles. The van der Waals surface area contributed by atoms with Gasteiger partial charge in [-0.05, 0) is 31.4 Å². The Hall–Kier alpha value is -0.480. The lowest BCUT2D eigenvalue weighted by atomic mass is 10.3. The predicted octanol–water partition coefficient (Wildman–Crippen LogP) is 0.738. The van der Waals surface area contributed by atoms with Gasteiger partial charge in [-0.25, -0.2) is 4.98 Å². The van der Waals surface area contributed by atoms with Gasteiger partial charge in [0, 0.05) is 6.42 Å². The highest BCUT2D eigenvalue weighted by Crippen LogP contribution is 2.05. The Bertz CT molecular complexity index is 197. The first-order valence-corrected chi connectivity index (χ1v) is 4.09. The van der Waals surface area contributed by atoms with Crippen molar-refractivity contribution in [3.63, 3.8) is 0 Å². The molecule has 0 aliphatic rings. The highest BCUT2D eigenvalue weighted by atomic mass is 32.1. The lowest BCUT2D eigenvalue weighted by molar-refractivity contribution is 0.823. The number of nitrogens with two attached hydrogens (primary N) is 1. The maximum atomic E-state index is 5.34. The van der Waals surface area contributed by atoms with E-state index in [2.05, 4.69) is 9.36 Å². The van der Waals surface area contributed by atoms with Crippen LogP contribution in [-0.4, -0.2) is 15.9 Å². The fraction of sp³-hybridized carbons (Fsp3) is 0.667. The monoisotopic (exact) mass is 157 g/mol. The van der Waals surface area contributed by atoms with E-state index in [1.165, 1.54) is 11.5 Å². The molecule has 0 aromatic carbocycles. The summed E-state index contributed by atoms with van der Waals surface area (Å²) in [6.07, 6.45) is 1.98. The average Bonchev–Trinajstić information content (AvgIpc) is 2.31. The molecule has 4 heteroatoms. The molecular formula is C6H11N3S. The molecule has 1 aromatic rings. The van der Waals surface area contributed by atoms with Crippen molar-refractivity contribution in [1.29, 1.82) is 0 Å². The molecule has 0 saturated carbocycles. The zero-order valence-electron chi connectivity index (χ0n) is 6.00. The molecule has 0 aliphatic heterocycles. The second-order valence-corrected chi connectivity index (χ2v) is 2.96. The minimum absolute atomic E-state index is 0.735. The molecule has 10 heavy (non-hydrogen) atoms. The zero-order chi connectivity index (χ0) is 7.40. The van der Waals surface area contributed by atoms with Crippen molar-refractivity contribution in [2.45, 2.75) is 19.8 Å². The summed E-state index contributed by atoms with van der Waals surface area (Å²) >= 11 is 1.47. The molecule has 0 amide bonds. The van der Waals surface area contributed by atoms with Gasteiger partial charge >= 0.3 is 0 Å². The molecule has 1 rings (SSSR count). The maximum absolute atomic E-state index is 5.34. The zero-order valence-corrected chi connectivity index (χ0v) is 6.82. The Kier molecular flexibility index (Phi) is 2.77. The largest absolute Gasteiger partial charge is 0.330 e. The second kappa shape index (κ2) is 3.63. The second-order valence-electron chi connectivity index (χ2n) is 2.13. The first kappa shape index (κ1) is 7.63. The van der Waals surface area contributed by atoms with Crippen LogP contribution < -0.4 is 5.73 Å². The van der Waals surface area contributed by atoms with Gasteiger partial charge in [-0.2, -0.15) is 4.37 Å². The number of hydrogen-bond acceptors (Lipinski definition) is 4. The molecule has 1 heterocycles. The Morgan fingerprint density at radius 3 is 2.90 bits per heavy atom. The topological polar surface area (TPSA) is 51.8 Å². The standard InChI is InChI=1S/C6H11N3S/c1-5-8-6(10-9-5)3-2-4-7/h2-4,7H2,1H3. The summed E-state index contributed by atoms with van der Waals surface area (Å²) in [5.74, 6) is 0.872. The third-order valence-corrected chi connectivity index (χ3v) is 2.03. The van der Waals surface area contributed by atoms with Gasteiger partial charge in [0.1, 0.15) is 10.8 Å². The van der Waals surface area contributed by atoms with Gasteiger partial charge in [0.15, 0.2) is 0 Å². The SMILES string of the molecule is Cc1nsc(CCCN)n1. The van der Waals surface area contributed by atoms with Crippen molar-refractivity contribution < 1.29 is 0 Å². The van der Waals surface area contributed by atoms with Crippen LogP contribution in [0, 0.1) is 6.92 Å². The van der Waals surface area contributed by atoms with E-state index in [1.807, 2.05) is 6.92 Å². The van der Waals surface area contributed by atoms with Crippen LogP contribution in [0.5, 0.6) is 0 Å². The first-order chi connectivity index (χ1) is 4.83. The van der Waals surface area contributed by atoms with Crippen LogP contribution in [0.3, 0.4) is 0 Å². The van der Waals surface area contributed by atoms with Gasteiger partial charge in [0.25, 0.3) is 0 Å². The van der Waals surface area contributed by atoms with Gasteiger partial charge in [0.05, 0.1) is 0 Å². The molecule has 1 aromatic heterocycles. The van der Waals surface area contributed by atoms with Crippen molar-refractivity contribution in [1.82, 2.24) is 9.36 Å². The van der Waals surface area contributed by atoms with Gasteiger partial charge in [-0.3, -0.25) is 0 Å².